The Bertz CT molecular complexity index is 601. The number of piperazine rings is 1. The maximum atomic E-state index is 12.9. The molecule has 5 nitrogen and oxygen atoms in total. The first-order chi connectivity index (χ1) is 10.7. The molecule has 1 heterocycles. The van der Waals surface area contributed by atoms with E-state index in [-0.39, 0.29) is 12.1 Å². The molecular formula is C17H29N3O2S. The van der Waals surface area contributed by atoms with Crippen molar-refractivity contribution in [3.63, 3.8) is 0 Å². The second kappa shape index (κ2) is 7.30. The largest absolute Gasteiger partial charge is 0.308 e. The number of aryl methyl sites for hydroxylation is 1. The second-order valence-corrected chi connectivity index (χ2v) is 8.81. The maximum absolute atomic E-state index is 12.9. The van der Waals surface area contributed by atoms with Crippen LogP contribution in [0, 0.1) is 6.92 Å². The third-order valence-electron chi connectivity index (χ3n) is 4.53. The molecule has 0 N–H and O–H groups in total. The summed E-state index contributed by atoms with van der Waals surface area (Å²) in [5, 5.41) is 0. The van der Waals surface area contributed by atoms with E-state index in [1.807, 2.05) is 19.1 Å². The van der Waals surface area contributed by atoms with Crippen LogP contribution in [0.2, 0.25) is 0 Å². The van der Waals surface area contributed by atoms with Gasteiger partial charge in [-0.3, -0.25) is 4.90 Å². The molecule has 1 aliphatic rings. The minimum absolute atomic E-state index is 0.221. The van der Waals surface area contributed by atoms with Crippen molar-refractivity contribution in [3.8, 4) is 0 Å². The van der Waals surface area contributed by atoms with Gasteiger partial charge in [0.15, 0.2) is 0 Å². The summed E-state index contributed by atoms with van der Waals surface area (Å²) < 4.78 is 27.4. The average molecular weight is 340 g/mol. The van der Waals surface area contributed by atoms with Crippen molar-refractivity contribution < 1.29 is 8.42 Å². The fourth-order valence-electron chi connectivity index (χ4n) is 3.12. The van der Waals surface area contributed by atoms with Crippen molar-refractivity contribution in [2.24, 2.45) is 0 Å². The molecule has 0 radical (unpaired) electrons. The van der Waals surface area contributed by atoms with Crippen LogP contribution in [0.4, 0.5) is 0 Å². The minimum atomic E-state index is -3.40. The summed E-state index contributed by atoms with van der Waals surface area (Å²) in [6, 6.07) is 7.56. The lowest BCUT2D eigenvalue weighted by Gasteiger charge is -2.44. The first kappa shape index (κ1) is 18.4. The Morgan fingerprint density at radius 2 is 1.61 bits per heavy atom. The Balaban J connectivity index is 2.12. The number of hydrogen-bond acceptors (Lipinski definition) is 4. The number of hydrogen-bond donors (Lipinski definition) is 0. The van der Waals surface area contributed by atoms with Crippen molar-refractivity contribution >= 4 is 10.0 Å². The lowest BCUT2D eigenvalue weighted by atomic mass is 10.1. The van der Waals surface area contributed by atoms with E-state index >= 15 is 0 Å². The van der Waals surface area contributed by atoms with Crippen molar-refractivity contribution in [3.05, 3.63) is 29.8 Å². The molecule has 1 aromatic rings. The first-order valence-corrected chi connectivity index (χ1v) is 9.63. The van der Waals surface area contributed by atoms with E-state index < -0.39 is 10.0 Å². The number of rotatable bonds is 5. The summed E-state index contributed by atoms with van der Waals surface area (Å²) in [6.07, 6.45) is 0. The zero-order valence-corrected chi connectivity index (χ0v) is 15.7. The van der Waals surface area contributed by atoms with Gasteiger partial charge in [0, 0.05) is 38.3 Å². The summed E-state index contributed by atoms with van der Waals surface area (Å²) in [5.74, 6) is 0. The average Bonchev–Trinajstić information content (AvgIpc) is 2.46. The summed E-state index contributed by atoms with van der Waals surface area (Å²) in [5.41, 5.74) is 1.07. The van der Waals surface area contributed by atoms with Gasteiger partial charge in [0.2, 0.25) is 10.0 Å². The van der Waals surface area contributed by atoms with Crippen LogP contribution in [0.3, 0.4) is 0 Å². The molecule has 0 saturated carbocycles. The van der Waals surface area contributed by atoms with Crippen LogP contribution in [0.25, 0.3) is 0 Å². The fraction of sp³-hybridized carbons (Fsp3) is 0.647. The minimum Gasteiger partial charge on any atom is -0.308 e. The quantitative estimate of drug-likeness (QED) is 0.818. The first-order valence-electron chi connectivity index (χ1n) is 8.19. The van der Waals surface area contributed by atoms with Crippen LogP contribution in [-0.2, 0) is 10.0 Å². The molecule has 1 saturated heterocycles. The molecule has 6 heteroatoms. The Hall–Kier alpha value is -0.950. The Kier molecular flexibility index (Phi) is 5.84. The van der Waals surface area contributed by atoms with Gasteiger partial charge >= 0.3 is 0 Å². The zero-order valence-electron chi connectivity index (χ0n) is 14.9. The Morgan fingerprint density at radius 3 is 2.09 bits per heavy atom. The number of nitrogens with zero attached hydrogens (tertiary/aromatic N) is 3. The molecule has 1 aliphatic heterocycles. The molecule has 23 heavy (non-hydrogen) atoms. The van der Waals surface area contributed by atoms with Gasteiger partial charge in [-0.15, -0.1) is 0 Å². The third-order valence-corrected chi connectivity index (χ3v) is 6.38. The van der Waals surface area contributed by atoms with Gasteiger partial charge < -0.3 is 4.90 Å². The second-order valence-electron chi connectivity index (χ2n) is 6.87. The topological polar surface area (TPSA) is 43.9 Å². The van der Waals surface area contributed by atoms with Gasteiger partial charge in [-0.2, -0.15) is 4.31 Å². The van der Waals surface area contributed by atoms with E-state index in [1.54, 1.807) is 16.4 Å². The van der Waals surface area contributed by atoms with E-state index in [9.17, 15) is 8.42 Å². The SMILES string of the molecule is Cc1ccc(S(=O)(=O)N2C[C@@H](C)N(CCN(C)C)[C@@H](C)C2)cc1. The smallest absolute Gasteiger partial charge is 0.243 e. The molecule has 130 valence electrons. The van der Waals surface area contributed by atoms with Crippen molar-refractivity contribution in [2.75, 3.05) is 40.3 Å². The summed E-state index contributed by atoms with van der Waals surface area (Å²) in [4.78, 5) is 4.96. The van der Waals surface area contributed by atoms with Gasteiger partial charge in [0.25, 0.3) is 0 Å². The molecule has 0 aliphatic carbocycles. The molecule has 1 aromatic carbocycles. The number of sulfonamides is 1. The van der Waals surface area contributed by atoms with Gasteiger partial charge in [-0.05, 0) is 47.0 Å². The summed E-state index contributed by atoms with van der Waals surface area (Å²) in [6.45, 7) is 9.24. The number of benzene rings is 1. The molecule has 0 bridgehead atoms. The van der Waals surface area contributed by atoms with Gasteiger partial charge in [-0.25, -0.2) is 8.42 Å². The predicted molar refractivity (Wildman–Crippen MR) is 94.1 cm³/mol. The Labute approximate surface area is 140 Å². The van der Waals surface area contributed by atoms with Crippen molar-refractivity contribution in [1.82, 2.24) is 14.1 Å². The van der Waals surface area contributed by atoms with E-state index in [0.717, 1.165) is 18.7 Å². The van der Waals surface area contributed by atoms with E-state index in [0.29, 0.717) is 18.0 Å². The van der Waals surface area contributed by atoms with Gasteiger partial charge in [-0.1, -0.05) is 17.7 Å². The van der Waals surface area contributed by atoms with Gasteiger partial charge in [0.1, 0.15) is 0 Å². The van der Waals surface area contributed by atoms with Crippen LogP contribution in [0.1, 0.15) is 19.4 Å². The van der Waals surface area contributed by atoms with Crippen LogP contribution in [-0.4, -0.2) is 74.9 Å². The van der Waals surface area contributed by atoms with E-state index in [2.05, 4.69) is 37.7 Å². The molecule has 2 atom stereocenters. The highest BCUT2D eigenvalue weighted by Crippen LogP contribution is 2.23. The van der Waals surface area contributed by atoms with Crippen LogP contribution < -0.4 is 0 Å². The molecule has 0 spiro atoms. The normalized spacial score (nSPS) is 24.3. The standard InChI is InChI=1S/C17H29N3O2S/c1-14-6-8-17(9-7-14)23(21,22)19-12-15(2)20(16(3)13-19)11-10-18(4)5/h6-9,15-16H,10-13H2,1-5H3/t15-,16+. The fourth-order valence-corrected chi connectivity index (χ4v) is 4.72. The van der Waals surface area contributed by atoms with Gasteiger partial charge in [0.05, 0.1) is 4.90 Å². The van der Waals surface area contributed by atoms with Crippen LogP contribution in [0.15, 0.2) is 29.2 Å². The lowest BCUT2D eigenvalue weighted by Crippen LogP contribution is -2.58. The molecular weight excluding hydrogens is 310 g/mol. The third kappa shape index (κ3) is 4.32. The molecule has 2 rings (SSSR count). The lowest BCUT2D eigenvalue weighted by molar-refractivity contribution is 0.0708. The molecule has 0 aromatic heterocycles. The zero-order chi connectivity index (χ0) is 17.2. The predicted octanol–water partition coefficient (Wildman–Crippen LogP) is 1.64. The van der Waals surface area contributed by atoms with Crippen molar-refractivity contribution in [2.45, 2.75) is 37.8 Å². The monoisotopic (exact) mass is 339 g/mol. The highest BCUT2D eigenvalue weighted by atomic mass is 32.2. The molecule has 0 unspecified atom stereocenters. The highest BCUT2D eigenvalue weighted by molar-refractivity contribution is 7.89. The summed E-state index contributed by atoms with van der Waals surface area (Å²) >= 11 is 0. The van der Waals surface area contributed by atoms with Crippen LogP contribution >= 0.6 is 0 Å². The summed E-state index contributed by atoms with van der Waals surface area (Å²) in [7, 11) is 0.723. The Morgan fingerprint density at radius 1 is 1.09 bits per heavy atom. The van der Waals surface area contributed by atoms with Crippen molar-refractivity contribution in [1.29, 1.82) is 0 Å². The highest BCUT2D eigenvalue weighted by Gasteiger charge is 2.35. The van der Waals surface area contributed by atoms with E-state index in [4.69, 9.17) is 0 Å². The maximum Gasteiger partial charge on any atom is 0.243 e. The molecule has 0 amide bonds. The molecule has 1 fully saturated rings. The van der Waals surface area contributed by atoms with Crippen LogP contribution in [0.5, 0.6) is 0 Å². The number of likely N-dealkylation sites (N-methyl/N-ethyl adjacent to an activating group) is 1. The van der Waals surface area contributed by atoms with E-state index in [1.165, 1.54) is 0 Å².